The summed E-state index contributed by atoms with van der Waals surface area (Å²) in [5.41, 5.74) is -2.47. The lowest BCUT2D eigenvalue weighted by atomic mass is 10.1. The summed E-state index contributed by atoms with van der Waals surface area (Å²) in [6.45, 7) is 0. The van der Waals surface area contributed by atoms with Crippen molar-refractivity contribution in [2.45, 2.75) is 24.7 Å². The van der Waals surface area contributed by atoms with Crippen molar-refractivity contribution in [2.75, 3.05) is 0 Å². The number of azo groups is 2. The second-order valence-electron chi connectivity index (χ2n) is 6.25. The van der Waals surface area contributed by atoms with Gasteiger partial charge >= 0.3 is 12.6 Å². The lowest BCUT2D eigenvalue weighted by Crippen LogP contribution is -2.40. The van der Waals surface area contributed by atoms with Crippen molar-refractivity contribution in [3.63, 3.8) is 0 Å². The molecule has 3 rings (SSSR count). The Morgan fingerprint density at radius 3 is 1.61 bits per heavy atom. The number of aromatic nitrogens is 2. The molecule has 0 spiro atoms. The fourth-order valence-electron chi connectivity index (χ4n) is 2.60. The van der Waals surface area contributed by atoms with Gasteiger partial charge in [-0.05, 0) is 15.2 Å². The molecule has 2 aliphatic heterocycles. The van der Waals surface area contributed by atoms with Crippen molar-refractivity contribution < 1.29 is 57.8 Å². The predicted molar refractivity (Wildman–Crippen MR) is 91.5 cm³/mol. The molecular formula is C8H4F2N14O14. The van der Waals surface area contributed by atoms with Gasteiger partial charge in [-0.15, -0.1) is 0 Å². The highest BCUT2D eigenvalue weighted by atomic mass is 19.2. The van der Waals surface area contributed by atoms with Crippen LogP contribution in [0.25, 0.3) is 0 Å². The second-order valence-corrected chi connectivity index (χ2v) is 6.25. The lowest BCUT2D eigenvalue weighted by molar-refractivity contribution is -0.923. The lowest BCUT2D eigenvalue weighted by Gasteiger charge is -2.11. The van der Waals surface area contributed by atoms with Gasteiger partial charge in [-0.3, -0.25) is 55.0 Å². The molecule has 0 fully saturated rings. The van der Waals surface area contributed by atoms with E-state index in [1.807, 2.05) is 0 Å². The molecule has 2 atom stereocenters. The molecule has 28 nitrogen and oxygen atoms in total. The summed E-state index contributed by atoms with van der Waals surface area (Å²) in [6, 6.07) is -5.02. The first kappa shape index (κ1) is 26.7. The van der Waals surface area contributed by atoms with E-state index >= 15 is 0 Å². The molecule has 1 aromatic rings. The van der Waals surface area contributed by atoms with E-state index < -0.39 is 92.6 Å². The maximum Gasteiger partial charge on any atom is 0.674 e. The molecule has 2 unspecified atom stereocenters. The Hall–Kier alpha value is -5.94. The summed E-state index contributed by atoms with van der Waals surface area (Å²) in [6.07, 6.45) is -6.55. The fraction of sp³-hybridized carbons (Fsp3) is 0.500. The summed E-state index contributed by atoms with van der Waals surface area (Å²) in [7, 11) is 0. The van der Waals surface area contributed by atoms with Crippen molar-refractivity contribution in [3.8, 4) is 0 Å². The fourth-order valence-corrected chi connectivity index (χ4v) is 2.60. The molecule has 2 aliphatic rings. The third-order valence-electron chi connectivity index (χ3n) is 4.06. The Labute approximate surface area is 199 Å². The second kappa shape index (κ2) is 9.97. The average molecular weight is 558 g/mol. The number of amidine groups is 2. The molecule has 0 saturated carbocycles. The Morgan fingerprint density at radius 1 is 0.789 bits per heavy atom. The van der Waals surface area contributed by atoms with E-state index in [1.165, 1.54) is 0 Å². The van der Waals surface area contributed by atoms with Crippen molar-refractivity contribution >= 4 is 11.7 Å². The van der Waals surface area contributed by atoms with Crippen molar-refractivity contribution in [3.05, 3.63) is 67.5 Å². The number of halogens is 2. The van der Waals surface area contributed by atoms with E-state index in [-0.39, 0.29) is 0 Å². The Bertz CT molecular complexity index is 1280. The summed E-state index contributed by atoms with van der Waals surface area (Å²) in [5.74, 6) is -2.66. The van der Waals surface area contributed by atoms with Gasteiger partial charge in [0.05, 0.1) is 20.3 Å². The third kappa shape index (κ3) is 4.76. The number of oxime groups is 2. The molecule has 0 bridgehead atoms. The summed E-state index contributed by atoms with van der Waals surface area (Å²) < 4.78 is 32.8. The maximum atomic E-state index is 14.3. The van der Waals surface area contributed by atoms with Crippen LogP contribution in [-0.4, -0.2) is 69.4 Å². The number of hydroxylamine groups is 4. The maximum absolute atomic E-state index is 14.3. The predicted octanol–water partition coefficient (Wildman–Crippen LogP) is -2.12. The number of hydrogen-bond acceptors (Lipinski definition) is 21. The van der Waals surface area contributed by atoms with E-state index in [1.54, 1.807) is 0 Å². The third-order valence-corrected chi connectivity index (χ3v) is 4.06. The summed E-state index contributed by atoms with van der Waals surface area (Å²) >= 11 is 0. The van der Waals surface area contributed by atoms with E-state index in [2.05, 4.69) is 40.2 Å². The van der Waals surface area contributed by atoms with Gasteiger partial charge in [-0.1, -0.05) is 8.96 Å². The topological polar surface area (TPSA) is 352 Å². The van der Waals surface area contributed by atoms with Crippen LogP contribution in [0.1, 0.15) is 23.5 Å². The van der Waals surface area contributed by atoms with Crippen LogP contribution in [0.4, 0.5) is 8.96 Å². The SMILES string of the molecule is O=[N+]([O-])C([N+](=O)[O-])[N+]([O-])=NC1=NON(F)C1c1no[n+]([O-])c1C1C(N=[N+]([O-])C([N+](=O)[O-])[N+](=O)[O-])=NON1F. The first-order valence-corrected chi connectivity index (χ1v) is 8.65. The number of nitrogens with zero attached hydrogens (tertiary/aromatic N) is 14. The minimum atomic E-state index is -3.28. The summed E-state index contributed by atoms with van der Waals surface area (Å²) in [5, 5.41) is 91.3. The zero-order chi connectivity index (χ0) is 28.5. The van der Waals surface area contributed by atoms with Crippen molar-refractivity contribution in [1.29, 1.82) is 0 Å². The van der Waals surface area contributed by atoms with Gasteiger partial charge in [0, 0.05) is 15.4 Å². The van der Waals surface area contributed by atoms with E-state index in [4.69, 9.17) is 0 Å². The van der Waals surface area contributed by atoms with Gasteiger partial charge in [0.15, 0.2) is 19.7 Å². The van der Waals surface area contributed by atoms with Crippen molar-refractivity contribution in [2.24, 2.45) is 20.5 Å². The van der Waals surface area contributed by atoms with E-state index in [0.29, 0.717) is 0 Å². The molecule has 0 amide bonds. The number of hydrogen-bond donors (Lipinski definition) is 0. The van der Waals surface area contributed by atoms with Crippen LogP contribution in [-0.2, 0) is 9.88 Å². The van der Waals surface area contributed by atoms with Crippen molar-refractivity contribution in [1.82, 2.24) is 15.7 Å². The zero-order valence-corrected chi connectivity index (χ0v) is 17.0. The van der Waals surface area contributed by atoms with Crippen LogP contribution in [0.3, 0.4) is 0 Å². The highest BCUT2D eigenvalue weighted by molar-refractivity contribution is 5.90. The van der Waals surface area contributed by atoms with E-state index in [9.17, 15) is 65.0 Å². The Morgan fingerprint density at radius 2 is 1.18 bits per heavy atom. The van der Waals surface area contributed by atoms with Gasteiger partial charge in [-0.2, -0.15) is 0 Å². The van der Waals surface area contributed by atoms with Gasteiger partial charge < -0.3 is 15.6 Å². The molecule has 0 radical (unpaired) electrons. The first-order chi connectivity index (χ1) is 17.8. The van der Waals surface area contributed by atoms with Gasteiger partial charge in [0.2, 0.25) is 17.8 Å². The minimum Gasteiger partial charge on any atom is -0.589 e. The van der Waals surface area contributed by atoms with Crippen LogP contribution in [0, 0.1) is 56.1 Å². The molecule has 0 aliphatic carbocycles. The monoisotopic (exact) mass is 558 g/mol. The molecule has 3 heterocycles. The van der Waals surface area contributed by atoms with Crippen LogP contribution in [0.2, 0.25) is 0 Å². The molecule has 0 aromatic carbocycles. The quantitative estimate of drug-likeness (QED) is 0.0625. The van der Waals surface area contributed by atoms with Crippen LogP contribution < -0.4 is 4.90 Å². The molecular weight excluding hydrogens is 554 g/mol. The van der Waals surface area contributed by atoms with E-state index in [0.717, 1.165) is 0 Å². The Balaban J connectivity index is 2.06. The molecule has 30 heteroatoms. The van der Waals surface area contributed by atoms with Crippen LogP contribution >= 0.6 is 0 Å². The normalized spacial score (nSPS) is 20.7. The largest absolute Gasteiger partial charge is 0.674 e. The molecule has 0 N–H and O–H groups in total. The highest BCUT2D eigenvalue weighted by Gasteiger charge is 2.54. The minimum absolute atomic E-state index is 0.713. The Kier molecular flexibility index (Phi) is 6.99. The molecule has 204 valence electrons. The van der Waals surface area contributed by atoms with Gasteiger partial charge in [0.25, 0.3) is 17.4 Å². The zero-order valence-electron chi connectivity index (χ0n) is 17.0. The van der Waals surface area contributed by atoms with Crippen LogP contribution in [0.5, 0.6) is 0 Å². The standard InChI is InChI=1S/C8H4F2N14O14/c9-16-3(5(14-36-16)11-18(25)7(20(27)28)21(29)30)1-2(24(35)38-13-1)4-6(15-37-17(4)10)12-19(26)8(22(31)32)23(33)34/h3-4,7-8H. The smallest absolute Gasteiger partial charge is 0.589 e. The summed E-state index contributed by atoms with van der Waals surface area (Å²) in [4.78, 5) is 41.1. The molecule has 38 heavy (non-hydrogen) atoms. The van der Waals surface area contributed by atoms with Gasteiger partial charge in [-0.25, -0.2) is 0 Å². The van der Waals surface area contributed by atoms with Crippen LogP contribution in [0.15, 0.2) is 25.2 Å². The molecule has 0 saturated heterocycles. The molecule has 1 aromatic heterocycles. The number of rotatable bonds is 8. The van der Waals surface area contributed by atoms with Gasteiger partial charge in [0.1, 0.15) is 0 Å². The number of nitro groups is 4. The average Bonchev–Trinajstić information content (AvgIpc) is 3.43. The first-order valence-electron chi connectivity index (χ1n) is 8.65. The highest BCUT2D eigenvalue weighted by Crippen LogP contribution is 2.36.